The monoisotopic (exact) mass is 221 g/mol. The second-order valence-corrected chi connectivity index (χ2v) is 4.70. The Morgan fingerprint density at radius 3 is 2.69 bits per heavy atom. The van der Waals surface area contributed by atoms with Gasteiger partial charge >= 0.3 is 0 Å². The number of furan rings is 1. The van der Waals surface area contributed by atoms with E-state index < -0.39 is 0 Å². The van der Waals surface area contributed by atoms with Crippen molar-refractivity contribution in [2.45, 2.75) is 45.2 Å². The van der Waals surface area contributed by atoms with Crippen LogP contribution in [-0.2, 0) is 0 Å². The Morgan fingerprint density at radius 1 is 1.44 bits per heavy atom. The Labute approximate surface area is 96.4 Å². The van der Waals surface area contributed by atoms with Crippen molar-refractivity contribution in [3.05, 3.63) is 24.2 Å². The lowest BCUT2D eigenvalue weighted by molar-refractivity contribution is 0.0711. The molecule has 0 radical (unpaired) electrons. The third-order valence-electron chi connectivity index (χ3n) is 3.50. The number of carbonyl (C=O) groups excluding carboxylic acids is 1. The van der Waals surface area contributed by atoms with Crippen LogP contribution in [0.1, 0.15) is 43.7 Å². The van der Waals surface area contributed by atoms with Crippen LogP contribution < -0.4 is 0 Å². The minimum absolute atomic E-state index is 0.0885. The second-order valence-electron chi connectivity index (χ2n) is 4.70. The van der Waals surface area contributed by atoms with Gasteiger partial charge in [0.25, 0.3) is 0 Å². The maximum Gasteiger partial charge on any atom is 0.211 e. The minimum atomic E-state index is 0.0885. The molecule has 16 heavy (non-hydrogen) atoms. The van der Waals surface area contributed by atoms with Crippen LogP contribution >= 0.6 is 0 Å². The van der Waals surface area contributed by atoms with Gasteiger partial charge in [0, 0.05) is 12.1 Å². The van der Waals surface area contributed by atoms with E-state index >= 15 is 0 Å². The fourth-order valence-electron chi connectivity index (χ4n) is 2.47. The van der Waals surface area contributed by atoms with Crippen molar-refractivity contribution in [3.63, 3.8) is 0 Å². The minimum Gasteiger partial charge on any atom is -0.461 e. The van der Waals surface area contributed by atoms with E-state index in [1.807, 2.05) is 0 Å². The van der Waals surface area contributed by atoms with E-state index in [2.05, 4.69) is 18.7 Å². The number of piperidine rings is 1. The number of likely N-dealkylation sites (tertiary alicyclic amines) is 1. The first-order chi connectivity index (χ1) is 7.68. The van der Waals surface area contributed by atoms with E-state index in [1.54, 1.807) is 18.4 Å². The first-order valence-electron chi connectivity index (χ1n) is 6.01. The van der Waals surface area contributed by atoms with Crippen LogP contribution in [0.15, 0.2) is 22.8 Å². The predicted octanol–water partition coefficient (Wildman–Crippen LogP) is 2.73. The number of carbonyl (C=O) groups is 1. The molecule has 0 bridgehead atoms. The fraction of sp³-hybridized carbons (Fsp3) is 0.615. The predicted molar refractivity (Wildman–Crippen MR) is 62.5 cm³/mol. The number of nitrogens with zero attached hydrogens (tertiary/aromatic N) is 1. The molecular formula is C13H19NO2. The molecule has 3 nitrogen and oxygen atoms in total. The summed E-state index contributed by atoms with van der Waals surface area (Å²) in [7, 11) is 0. The highest BCUT2D eigenvalue weighted by Gasteiger charge is 2.27. The van der Waals surface area contributed by atoms with Gasteiger partial charge in [-0.15, -0.1) is 0 Å². The average molecular weight is 221 g/mol. The summed E-state index contributed by atoms with van der Waals surface area (Å²) >= 11 is 0. The normalized spacial score (nSPS) is 26.9. The molecule has 0 N–H and O–H groups in total. The van der Waals surface area contributed by atoms with E-state index in [1.165, 1.54) is 19.3 Å². The molecule has 0 aromatic carbocycles. The van der Waals surface area contributed by atoms with E-state index in [9.17, 15) is 4.79 Å². The van der Waals surface area contributed by atoms with Gasteiger partial charge in [0.1, 0.15) is 0 Å². The summed E-state index contributed by atoms with van der Waals surface area (Å²) in [6.45, 7) is 4.88. The summed E-state index contributed by atoms with van der Waals surface area (Å²) in [5.41, 5.74) is 0. The third-order valence-corrected chi connectivity index (χ3v) is 3.50. The highest BCUT2D eigenvalue weighted by atomic mass is 16.3. The van der Waals surface area contributed by atoms with Crippen LogP contribution in [0.5, 0.6) is 0 Å². The molecule has 2 unspecified atom stereocenters. The van der Waals surface area contributed by atoms with Gasteiger partial charge in [-0.05, 0) is 38.8 Å². The summed E-state index contributed by atoms with van der Waals surface area (Å²) < 4.78 is 5.13. The molecule has 0 saturated carbocycles. The van der Waals surface area contributed by atoms with Crippen LogP contribution in [-0.4, -0.2) is 29.3 Å². The third kappa shape index (κ3) is 2.35. The summed E-state index contributed by atoms with van der Waals surface area (Å²) in [5, 5.41) is 0. The Bertz CT molecular complexity index is 335. The lowest BCUT2D eigenvalue weighted by Gasteiger charge is -2.38. The van der Waals surface area contributed by atoms with Gasteiger partial charge in [-0.1, -0.05) is 6.42 Å². The van der Waals surface area contributed by atoms with Gasteiger partial charge in [0.15, 0.2) is 5.76 Å². The number of Topliss-reactive ketones (excluding diaryl/α,β-unsaturated/α-hetero) is 1. The summed E-state index contributed by atoms with van der Waals surface area (Å²) in [4.78, 5) is 14.2. The van der Waals surface area contributed by atoms with Crippen molar-refractivity contribution in [2.24, 2.45) is 0 Å². The zero-order valence-corrected chi connectivity index (χ0v) is 9.98. The van der Waals surface area contributed by atoms with Gasteiger partial charge in [-0.25, -0.2) is 0 Å². The molecule has 1 saturated heterocycles. The first-order valence-corrected chi connectivity index (χ1v) is 6.01. The van der Waals surface area contributed by atoms with Crippen molar-refractivity contribution in [3.8, 4) is 0 Å². The number of hydrogen-bond donors (Lipinski definition) is 0. The molecule has 1 aromatic heterocycles. The molecule has 88 valence electrons. The van der Waals surface area contributed by atoms with E-state index in [4.69, 9.17) is 4.42 Å². The Morgan fingerprint density at radius 2 is 2.12 bits per heavy atom. The standard InChI is InChI=1S/C13H19NO2/c1-10-5-3-6-11(2)14(10)9-12(15)13-7-4-8-16-13/h4,7-8,10-11H,3,5-6,9H2,1-2H3. The number of ketones is 1. The summed E-state index contributed by atoms with van der Waals surface area (Å²) in [6, 6.07) is 4.50. The molecule has 2 heterocycles. The quantitative estimate of drug-likeness (QED) is 0.736. The highest BCUT2D eigenvalue weighted by Crippen LogP contribution is 2.22. The maximum atomic E-state index is 11.9. The molecule has 2 atom stereocenters. The van der Waals surface area contributed by atoms with Crippen LogP contribution in [0, 0.1) is 0 Å². The molecule has 0 amide bonds. The molecule has 1 aliphatic heterocycles. The zero-order valence-electron chi connectivity index (χ0n) is 9.98. The van der Waals surface area contributed by atoms with Gasteiger partial charge in [0.05, 0.1) is 12.8 Å². The van der Waals surface area contributed by atoms with Crippen molar-refractivity contribution in [1.82, 2.24) is 4.90 Å². The SMILES string of the molecule is CC1CCCC(C)N1CC(=O)c1ccco1. The van der Waals surface area contributed by atoms with Gasteiger partial charge in [-0.2, -0.15) is 0 Å². The number of rotatable bonds is 3. The van der Waals surface area contributed by atoms with Gasteiger partial charge in [-0.3, -0.25) is 9.69 Å². The summed E-state index contributed by atoms with van der Waals surface area (Å²) in [6.07, 6.45) is 5.20. The Balaban J connectivity index is 2.00. The maximum absolute atomic E-state index is 11.9. The molecule has 1 aliphatic rings. The molecule has 2 rings (SSSR count). The number of hydrogen-bond acceptors (Lipinski definition) is 3. The van der Waals surface area contributed by atoms with Crippen LogP contribution in [0.3, 0.4) is 0 Å². The molecule has 0 spiro atoms. The van der Waals surface area contributed by atoms with Crippen LogP contribution in [0.25, 0.3) is 0 Å². The Kier molecular flexibility index (Phi) is 3.44. The van der Waals surface area contributed by atoms with E-state index in [0.717, 1.165) is 0 Å². The van der Waals surface area contributed by atoms with E-state index in [-0.39, 0.29) is 5.78 Å². The van der Waals surface area contributed by atoms with Crippen molar-refractivity contribution >= 4 is 5.78 Å². The summed E-state index contributed by atoms with van der Waals surface area (Å²) in [5.74, 6) is 0.565. The van der Waals surface area contributed by atoms with Crippen LogP contribution in [0.2, 0.25) is 0 Å². The lowest BCUT2D eigenvalue weighted by Crippen LogP contribution is -2.46. The highest BCUT2D eigenvalue weighted by molar-refractivity contribution is 5.95. The largest absolute Gasteiger partial charge is 0.461 e. The molecular weight excluding hydrogens is 202 g/mol. The second kappa shape index (κ2) is 4.83. The topological polar surface area (TPSA) is 33.5 Å². The smallest absolute Gasteiger partial charge is 0.211 e. The first kappa shape index (κ1) is 11.4. The van der Waals surface area contributed by atoms with Crippen LogP contribution in [0.4, 0.5) is 0 Å². The molecule has 1 fully saturated rings. The lowest BCUT2D eigenvalue weighted by atomic mass is 9.97. The zero-order chi connectivity index (χ0) is 11.5. The Hall–Kier alpha value is -1.09. The van der Waals surface area contributed by atoms with Gasteiger partial charge < -0.3 is 4.42 Å². The van der Waals surface area contributed by atoms with Gasteiger partial charge in [0.2, 0.25) is 5.78 Å². The molecule has 1 aromatic rings. The van der Waals surface area contributed by atoms with Crippen molar-refractivity contribution < 1.29 is 9.21 Å². The fourth-order valence-corrected chi connectivity index (χ4v) is 2.47. The molecule has 0 aliphatic carbocycles. The average Bonchev–Trinajstić information content (AvgIpc) is 2.76. The van der Waals surface area contributed by atoms with Crippen molar-refractivity contribution in [2.75, 3.05) is 6.54 Å². The van der Waals surface area contributed by atoms with Crippen molar-refractivity contribution in [1.29, 1.82) is 0 Å². The molecule has 3 heteroatoms. The van der Waals surface area contributed by atoms with E-state index in [0.29, 0.717) is 24.4 Å².